The smallest absolute Gasteiger partial charge is 0.422 e. The van der Waals surface area contributed by atoms with Gasteiger partial charge in [0, 0.05) is 13.1 Å². The Morgan fingerprint density at radius 1 is 1.50 bits per heavy atom. The summed E-state index contributed by atoms with van der Waals surface area (Å²) >= 11 is 0. The maximum absolute atomic E-state index is 11.4. The topological polar surface area (TPSA) is 64.3 Å². The molecule has 0 radical (unpaired) electrons. The number of nitrogens with two attached hydrogens (primary N) is 1. The van der Waals surface area contributed by atoms with E-state index in [1.807, 2.05) is 5.32 Å². The van der Waals surface area contributed by atoms with Gasteiger partial charge in [0.05, 0.1) is 0 Å². The molecule has 0 aromatic heterocycles. The van der Waals surface area contributed by atoms with Crippen LogP contribution in [0.3, 0.4) is 0 Å². The van der Waals surface area contributed by atoms with Crippen molar-refractivity contribution in [1.29, 1.82) is 0 Å². The highest BCUT2D eigenvalue weighted by Crippen LogP contribution is 2.14. The molecule has 0 bridgehead atoms. The number of hydrogen-bond acceptors (Lipinski definition) is 3. The van der Waals surface area contributed by atoms with Crippen molar-refractivity contribution >= 4 is 6.09 Å². The zero-order valence-electron chi connectivity index (χ0n) is 6.15. The maximum Gasteiger partial charge on any atom is 0.422 e. The molecule has 0 spiro atoms. The predicted octanol–water partition coefficient (Wildman–Crippen LogP) is 0.234. The van der Waals surface area contributed by atoms with E-state index in [1.165, 1.54) is 0 Å². The van der Waals surface area contributed by atoms with Crippen molar-refractivity contribution in [2.45, 2.75) is 6.18 Å². The largest absolute Gasteiger partial charge is 0.440 e. The van der Waals surface area contributed by atoms with Crippen molar-refractivity contribution in [2.24, 2.45) is 5.73 Å². The monoisotopic (exact) mass is 186 g/mol. The first-order valence-electron chi connectivity index (χ1n) is 3.13. The van der Waals surface area contributed by atoms with Crippen molar-refractivity contribution in [3.8, 4) is 0 Å². The number of nitrogens with one attached hydrogen (secondary N) is 1. The minimum atomic E-state index is -4.49. The number of alkyl carbamates (subject to hydrolysis) is 1. The second-order valence-electron chi connectivity index (χ2n) is 1.91. The normalized spacial score (nSPS) is 11.0. The van der Waals surface area contributed by atoms with Crippen LogP contribution in [-0.2, 0) is 4.74 Å². The molecule has 0 saturated carbocycles. The number of halogens is 3. The van der Waals surface area contributed by atoms with Crippen LogP contribution in [0.2, 0.25) is 0 Å². The van der Waals surface area contributed by atoms with Crippen LogP contribution in [0.15, 0.2) is 0 Å². The quantitative estimate of drug-likeness (QED) is 0.663. The Labute approximate surface area is 66.9 Å². The first kappa shape index (κ1) is 11.0. The second kappa shape index (κ2) is 4.81. The highest BCUT2D eigenvalue weighted by molar-refractivity contribution is 5.67. The van der Waals surface area contributed by atoms with E-state index < -0.39 is 18.9 Å². The number of carbonyl (C=O) groups is 1. The molecule has 0 aliphatic heterocycles. The van der Waals surface area contributed by atoms with Crippen LogP contribution in [-0.4, -0.2) is 32.0 Å². The van der Waals surface area contributed by atoms with Gasteiger partial charge in [-0.15, -0.1) is 0 Å². The van der Waals surface area contributed by atoms with Crippen molar-refractivity contribution in [3.63, 3.8) is 0 Å². The van der Waals surface area contributed by atoms with E-state index in [2.05, 4.69) is 4.74 Å². The van der Waals surface area contributed by atoms with Gasteiger partial charge in [0.1, 0.15) is 0 Å². The standard InChI is InChI=1S/C5H9F3N2O2/c6-5(7,8)3-12-4(11)10-2-1-9/h1-3,9H2,(H,10,11). The molecule has 0 heterocycles. The molecule has 7 heteroatoms. The molecule has 0 unspecified atom stereocenters. The van der Waals surface area contributed by atoms with Crippen molar-refractivity contribution in [2.75, 3.05) is 19.7 Å². The van der Waals surface area contributed by atoms with Crippen molar-refractivity contribution in [1.82, 2.24) is 5.32 Å². The first-order valence-corrected chi connectivity index (χ1v) is 3.13. The van der Waals surface area contributed by atoms with Gasteiger partial charge in [-0.1, -0.05) is 0 Å². The van der Waals surface area contributed by atoms with Gasteiger partial charge in [-0.2, -0.15) is 13.2 Å². The van der Waals surface area contributed by atoms with Crippen molar-refractivity contribution < 1.29 is 22.7 Å². The lowest BCUT2D eigenvalue weighted by molar-refractivity contribution is -0.160. The summed E-state index contributed by atoms with van der Waals surface area (Å²) in [5, 5.41) is 2.02. The van der Waals surface area contributed by atoms with Crippen LogP contribution in [0.5, 0.6) is 0 Å². The minimum absolute atomic E-state index is 0.0939. The third-order valence-electron chi connectivity index (χ3n) is 0.781. The Morgan fingerprint density at radius 2 is 2.08 bits per heavy atom. The summed E-state index contributed by atoms with van der Waals surface area (Å²) in [6, 6.07) is 0. The van der Waals surface area contributed by atoms with Crippen LogP contribution < -0.4 is 11.1 Å². The lowest BCUT2D eigenvalue weighted by Crippen LogP contribution is -2.32. The Hall–Kier alpha value is -0.980. The summed E-state index contributed by atoms with van der Waals surface area (Å²) in [6.07, 6.45) is -5.60. The second-order valence-corrected chi connectivity index (χ2v) is 1.91. The summed E-state index contributed by atoms with van der Waals surface area (Å²) < 4.78 is 38.0. The van der Waals surface area contributed by atoms with Gasteiger partial charge in [-0.3, -0.25) is 0 Å². The van der Waals surface area contributed by atoms with E-state index in [1.54, 1.807) is 0 Å². The van der Waals surface area contributed by atoms with Gasteiger partial charge >= 0.3 is 12.3 Å². The van der Waals surface area contributed by atoms with E-state index in [0.717, 1.165) is 0 Å². The average Bonchev–Trinajstić information content (AvgIpc) is 1.95. The Morgan fingerprint density at radius 3 is 2.50 bits per heavy atom. The molecule has 0 rings (SSSR count). The predicted molar refractivity (Wildman–Crippen MR) is 34.5 cm³/mol. The van der Waals surface area contributed by atoms with E-state index in [-0.39, 0.29) is 13.1 Å². The van der Waals surface area contributed by atoms with E-state index >= 15 is 0 Å². The molecule has 0 aliphatic rings. The molecule has 0 aromatic rings. The van der Waals surface area contributed by atoms with Crippen LogP contribution in [0.4, 0.5) is 18.0 Å². The Kier molecular flexibility index (Phi) is 4.42. The highest BCUT2D eigenvalue weighted by Gasteiger charge is 2.29. The zero-order chi connectivity index (χ0) is 9.61. The summed E-state index contributed by atoms with van der Waals surface area (Å²) in [4.78, 5) is 10.4. The summed E-state index contributed by atoms with van der Waals surface area (Å²) in [6.45, 7) is -1.33. The molecule has 0 fully saturated rings. The lowest BCUT2D eigenvalue weighted by atomic mass is 10.6. The molecule has 0 atom stereocenters. The number of ether oxygens (including phenoxy) is 1. The SMILES string of the molecule is NCCNC(=O)OCC(F)(F)F. The lowest BCUT2D eigenvalue weighted by Gasteiger charge is -2.07. The van der Waals surface area contributed by atoms with Gasteiger partial charge < -0.3 is 15.8 Å². The average molecular weight is 186 g/mol. The third-order valence-corrected chi connectivity index (χ3v) is 0.781. The number of rotatable bonds is 3. The van der Waals surface area contributed by atoms with Crippen molar-refractivity contribution in [3.05, 3.63) is 0 Å². The molecular weight excluding hydrogens is 177 g/mol. The summed E-state index contributed by atoms with van der Waals surface area (Å²) in [7, 11) is 0. The molecule has 3 N–H and O–H groups in total. The Bertz CT molecular complexity index is 148. The number of hydrogen-bond donors (Lipinski definition) is 2. The fourth-order valence-electron chi connectivity index (χ4n) is 0.373. The van der Waals surface area contributed by atoms with Crippen LogP contribution in [0, 0.1) is 0 Å². The van der Waals surface area contributed by atoms with Gasteiger partial charge in [-0.25, -0.2) is 4.79 Å². The first-order chi connectivity index (χ1) is 5.45. The molecule has 0 saturated heterocycles. The van der Waals surface area contributed by atoms with Crippen LogP contribution in [0.1, 0.15) is 0 Å². The fraction of sp³-hybridized carbons (Fsp3) is 0.800. The maximum atomic E-state index is 11.4. The Balaban J connectivity index is 3.44. The van der Waals surface area contributed by atoms with Gasteiger partial charge in [0.25, 0.3) is 0 Å². The number of alkyl halides is 3. The van der Waals surface area contributed by atoms with Gasteiger partial charge in [0.15, 0.2) is 6.61 Å². The fourth-order valence-corrected chi connectivity index (χ4v) is 0.373. The minimum Gasteiger partial charge on any atom is -0.440 e. The third kappa shape index (κ3) is 7.13. The number of carbonyl (C=O) groups excluding carboxylic acids is 1. The van der Waals surface area contributed by atoms with Crippen LogP contribution >= 0.6 is 0 Å². The molecule has 12 heavy (non-hydrogen) atoms. The van der Waals surface area contributed by atoms with Crippen LogP contribution in [0.25, 0.3) is 0 Å². The van der Waals surface area contributed by atoms with Gasteiger partial charge in [-0.05, 0) is 0 Å². The molecule has 1 amide bonds. The molecule has 0 aliphatic carbocycles. The van der Waals surface area contributed by atoms with E-state index in [4.69, 9.17) is 5.73 Å². The zero-order valence-corrected chi connectivity index (χ0v) is 6.15. The molecule has 0 aromatic carbocycles. The van der Waals surface area contributed by atoms with E-state index in [0.29, 0.717) is 0 Å². The summed E-state index contributed by atoms with van der Waals surface area (Å²) in [5.74, 6) is 0. The highest BCUT2D eigenvalue weighted by atomic mass is 19.4. The number of amides is 1. The van der Waals surface area contributed by atoms with E-state index in [9.17, 15) is 18.0 Å². The molecular formula is C5H9F3N2O2. The molecule has 72 valence electrons. The van der Waals surface area contributed by atoms with Gasteiger partial charge in [0.2, 0.25) is 0 Å². The summed E-state index contributed by atoms with van der Waals surface area (Å²) in [5.41, 5.74) is 4.97. The molecule has 4 nitrogen and oxygen atoms in total.